The van der Waals surface area contributed by atoms with Gasteiger partial charge in [0.1, 0.15) is 0 Å². The third-order valence-corrected chi connectivity index (χ3v) is 5.86. The molecule has 112 valence electrons. The molecule has 19 heavy (non-hydrogen) atoms. The monoisotopic (exact) mass is 266 g/mol. The van der Waals surface area contributed by atoms with Crippen molar-refractivity contribution in [3.05, 3.63) is 0 Å². The van der Waals surface area contributed by atoms with Crippen LogP contribution in [0.25, 0.3) is 0 Å². The highest BCUT2D eigenvalue weighted by Crippen LogP contribution is 2.42. The topological polar surface area (TPSA) is 29.3 Å². The zero-order chi connectivity index (χ0) is 14.1. The van der Waals surface area contributed by atoms with Gasteiger partial charge in [0.25, 0.3) is 0 Å². The number of piperidine rings is 1. The van der Waals surface area contributed by atoms with Crippen LogP contribution in [-0.2, 0) is 0 Å². The minimum atomic E-state index is 0.322. The zero-order valence-electron chi connectivity index (χ0n) is 13.5. The summed E-state index contributed by atoms with van der Waals surface area (Å²) in [5.74, 6) is 1.77. The maximum Gasteiger partial charge on any atom is 0.0332 e. The van der Waals surface area contributed by atoms with Crippen molar-refractivity contribution in [1.29, 1.82) is 0 Å². The standard InChI is InChI=1S/C17H34N2/c1-14(2)15-6-9-17(12-18,10-7-15)19-11-5-8-16(3,4)13-19/h14-15H,5-13,18H2,1-4H3. The molecule has 0 atom stereocenters. The molecule has 1 aliphatic carbocycles. The SMILES string of the molecule is CC(C)C1CCC(CN)(N2CCCC(C)(C)C2)CC1. The fourth-order valence-corrected chi connectivity index (χ4v) is 4.32. The van der Waals surface area contributed by atoms with Gasteiger partial charge in [-0.25, -0.2) is 0 Å². The second-order valence-electron chi connectivity index (χ2n) is 8.20. The van der Waals surface area contributed by atoms with Crippen LogP contribution in [0.2, 0.25) is 0 Å². The maximum absolute atomic E-state index is 6.24. The molecule has 2 N–H and O–H groups in total. The van der Waals surface area contributed by atoms with Crippen LogP contribution in [0.15, 0.2) is 0 Å². The fraction of sp³-hybridized carbons (Fsp3) is 1.00. The summed E-state index contributed by atoms with van der Waals surface area (Å²) in [6.07, 6.45) is 8.13. The molecule has 0 bridgehead atoms. The summed E-state index contributed by atoms with van der Waals surface area (Å²) in [4.78, 5) is 2.76. The lowest BCUT2D eigenvalue weighted by atomic mass is 9.70. The van der Waals surface area contributed by atoms with Gasteiger partial charge in [-0.05, 0) is 62.3 Å². The Kier molecular flexibility index (Phi) is 4.62. The van der Waals surface area contributed by atoms with Crippen LogP contribution < -0.4 is 5.73 Å². The Balaban J connectivity index is 2.03. The predicted octanol–water partition coefficient (Wildman–Crippen LogP) is 3.65. The Hall–Kier alpha value is -0.0800. The van der Waals surface area contributed by atoms with Gasteiger partial charge in [-0.15, -0.1) is 0 Å². The first kappa shape index (κ1) is 15.3. The Morgan fingerprint density at radius 3 is 2.26 bits per heavy atom. The molecule has 1 aliphatic heterocycles. The molecule has 0 unspecified atom stereocenters. The minimum Gasteiger partial charge on any atom is -0.329 e. The number of nitrogens with zero attached hydrogens (tertiary/aromatic N) is 1. The van der Waals surface area contributed by atoms with Crippen molar-refractivity contribution in [2.45, 2.75) is 71.8 Å². The van der Waals surface area contributed by atoms with Crippen LogP contribution in [-0.4, -0.2) is 30.1 Å². The molecular formula is C17H34N2. The van der Waals surface area contributed by atoms with Crippen LogP contribution >= 0.6 is 0 Å². The predicted molar refractivity (Wildman–Crippen MR) is 83.2 cm³/mol. The van der Waals surface area contributed by atoms with Crippen molar-refractivity contribution in [2.24, 2.45) is 23.0 Å². The number of hydrogen-bond acceptors (Lipinski definition) is 2. The summed E-state index contributed by atoms with van der Waals surface area (Å²) < 4.78 is 0. The van der Waals surface area contributed by atoms with Crippen molar-refractivity contribution in [3.8, 4) is 0 Å². The molecule has 2 nitrogen and oxygen atoms in total. The highest BCUT2D eigenvalue weighted by Gasteiger charge is 2.42. The molecule has 0 aromatic rings. The van der Waals surface area contributed by atoms with E-state index >= 15 is 0 Å². The quantitative estimate of drug-likeness (QED) is 0.845. The zero-order valence-corrected chi connectivity index (χ0v) is 13.5. The highest BCUT2D eigenvalue weighted by atomic mass is 15.2. The first-order valence-corrected chi connectivity index (χ1v) is 8.34. The van der Waals surface area contributed by atoms with E-state index in [9.17, 15) is 0 Å². The lowest BCUT2D eigenvalue weighted by molar-refractivity contribution is -0.0155. The van der Waals surface area contributed by atoms with Gasteiger partial charge in [0.05, 0.1) is 0 Å². The fourth-order valence-electron chi connectivity index (χ4n) is 4.32. The van der Waals surface area contributed by atoms with Crippen molar-refractivity contribution >= 4 is 0 Å². The Morgan fingerprint density at radius 1 is 1.16 bits per heavy atom. The van der Waals surface area contributed by atoms with Gasteiger partial charge in [-0.3, -0.25) is 4.90 Å². The molecule has 1 heterocycles. The van der Waals surface area contributed by atoms with E-state index in [1.807, 2.05) is 0 Å². The molecule has 0 aromatic heterocycles. The number of hydrogen-bond donors (Lipinski definition) is 1. The molecule has 0 amide bonds. The minimum absolute atomic E-state index is 0.322. The molecule has 2 rings (SSSR count). The molecule has 0 spiro atoms. The molecule has 0 aromatic carbocycles. The first-order chi connectivity index (χ1) is 8.88. The summed E-state index contributed by atoms with van der Waals surface area (Å²) in [5.41, 5.74) is 7.04. The van der Waals surface area contributed by atoms with E-state index in [4.69, 9.17) is 5.73 Å². The van der Waals surface area contributed by atoms with E-state index < -0.39 is 0 Å². The van der Waals surface area contributed by atoms with Crippen LogP contribution in [0.4, 0.5) is 0 Å². The number of likely N-dealkylation sites (tertiary alicyclic amines) is 1. The summed E-state index contributed by atoms with van der Waals surface area (Å²) in [7, 11) is 0. The molecule has 2 heteroatoms. The Morgan fingerprint density at radius 2 is 1.79 bits per heavy atom. The van der Waals surface area contributed by atoms with E-state index in [-0.39, 0.29) is 0 Å². The average molecular weight is 266 g/mol. The summed E-state index contributed by atoms with van der Waals surface area (Å²) in [6, 6.07) is 0. The largest absolute Gasteiger partial charge is 0.329 e. The van der Waals surface area contributed by atoms with Crippen LogP contribution in [0.5, 0.6) is 0 Å². The Labute approximate surface area is 120 Å². The lowest BCUT2D eigenvalue weighted by Gasteiger charge is -2.52. The molecule has 2 aliphatic rings. The van der Waals surface area contributed by atoms with E-state index in [1.165, 1.54) is 51.6 Å². The van der Waals surface area contributed by atoms with E-state index in [0.29, 0.717) is 11.0 Å². The molecule has 0 radical (unpaired) electrons. The van der Waals surface area contributed by atoms with Gasteiger partial charge in [-0.1, -0.05) is 27.7 Å². The summed E-state index contributed by atoms with van der Waals surface area (Å²) in [5, 5.41) is 0. The third-order valence-electron chi connectivity index (χ3n) is 5.86. The first-order valence-electron chi connectivity index (χ1n) is 8.34. The van der Waals surface area contributed by atoms with Crippen molar-refractivity contribution in [3.63, 3.8) is 0 Å². The van der Waals surface area contributed by atoms with Crippen molar-refractivity contribution in [1.82, 2.24) is 4.90 Å². The third kappa shape index (κ3) is 3.33. The van der Waals surface area contributed by atoms with E-state index in [0.717, 1.165) is 18.4 Å². The maximum atomic E-state index is 6.24. The van der Waals surface area contributed by atoms with Crippen LogP contribution in [0.1, 0.15) is 66.2 Å². The molecular weight excluding hydrogens is 232 g/mol. The van der Waals surface area contributed by atoms with Crippen molar-refractivity contribution < 1.29 is 0 Å². The lowest BCUT2D eigenvalue weighted by Crippen LogP contribution is -2.59. The molecule has 1 saturated carbocycles. The normalized spacial score (nSPS) is 36.6. The summed E-state index contributed by atoms with van der Waals surface area (Å²) in [6.45, 7) is 13.0. The highest BCUT2D eigenvalue weighted by molar-refractivity contribution is 4.99. The Bertz CT molecular complexity index is 288. The molecule has 1 saturated heterocycles. The van der Waals surface area contributed by atoms with Crippen LogP contribution in [0, 0.1) is 17.3 Å². The second-order valence-corrected chi connectivity index (χ2v) is 8.20. The van der Waals surface area contributed by atoms with Gasteiger partial charge in [0, 0.05) is 18.6 Å². The van der Waals surface area contributed by atoms with Gasteiger partial charge >= 0.3 is 0 Å². The smallest absolute Gasteiger partial charge is 0.0332 e. The summed E-state index contributed by atoms with van der Waals surface area (Å²) >= 11 is 0. The van der Waals surface area contributed by atoms with Gasteiger partial charge in [0.15, 0.2) is 0 Å². The number of nitrogens with two attached hydrogens (primary N) is 1. The average Bonchev–Trinajstić information content (AvgIpc) is 2.37. The van der Waals surface area contributed by atoms with E-state index in [2.05, 4.69) is 32.6 Å². The van der Waals surface area contributed by atoms with Crippen molar-refractivity contribution in [2.75, 3.05) is 19.6 Å². The van der Waals surface area contributed by atoms with Crippen LogP contribution in [0.3, 0.4) is 0 Å². The van der Waals surface area contributed by atoms with Gasteiger partial charge in [-0.2, -0.15) is 0 Å². The number of rotatable bonds is 3. The molecule has 2 fully saturated rings. The van der Waals surface area contributed by atoms with E-state index in [1.54, 1.807) is 0 Å². The second kappa shape index (κ2) is 5.73. The van der Waals surface area contributed by atoms with Gasteiger partial charge < -0.3 is 5.73 Å². The van der Waals surface area contributed by atoms with Gasteiger partial charge in [0.2, 0.25) is 0 Å².